The third kappa shape index (κ3) is 2.72. The molecule has 0 radical (unpaired) electrons. The molecule has 0 saturated carbocycles. The van der Waals surface area contributed by atoms with Gasteiger partial charge >= 0.3 is 0 Å². The molecule has 3 nitrogen and oxygen atoms in total. The Balaban J connectivity index is 1.94. The van der Waals surface area contributed by atoms with Gasteiger partial charge in [-0.15, -0.1) is 0 Å². The molecule has 0 atom stereocenters. The van der Waals surface area contributed by atoms with E-state index in [1.165, 1.54) is 0 Å². The summed E-state index contributed by atoms with van der Waals surface area (Å²) in [5.41, 5.74) is 3.55. The SMILES string of the molecule is Cn1cccc1C(=O)Nc1ccccc1-c1ccccc1. The van der Waals surface area contributed by atoms with Crippen LogP contribution in [0.5, 0.6) is 0 Å². The van der Waals surface area contributed by atoms with E-state index in [0.717, 1.165) is 16.8 Å². The maximum Gasteiger partial charge on any atom is 0.272 e. The van der Waals surface area contributed by atoms with Gasteiger partial charge in [0.05, 0.1) is 0 Å². The van der Waals surface area contributed by atoms with Gasteiger partial charge in [0.1, 0.15) is 5.69 Å². The number of carbonyl (C=O) groups is 1. The number of aryl methyl sites for hydroxylation is 1. The third-order valence-corrected chi connectivity index (χ3v) is 3.44. The lowest BCUT2D eigenvalue weighted by atomic mass is 10.0. The Kier molecular flexibility index (Phi) is 3.56. The van der Waals surface area contributed by atoms with Crippen LogP contribution in [0.1, 0.15) is 10.5 Å². The van der Waals surface area contributed by atoms with E-state index in [1.807, 2.05) is 73.9 Å². The zero-order valence-electron chi connectivity index (χ0n) is 11.8. The van der Waals surface area contributed by atoms with Crippen LogP contribution < -0.4 is 5.32 Å². The van der Waals surface area contributed by atoms with Crippen LogP contribution in [0.3, 0.4) is 0 Å². The Bertz CT molecular complexity index is 760. The predicted molar refractivity (Wildman–Crippen MR) is 85.2 cm³/mol. The monoisotopic (exact) mass is 276 g/mol. The lowest BCUT2D eigenvalue weighted by molar-refractivity contribution is 0.101. The van der Waals surface area contributed by atoms with Crippen molar-refractivity contribution in [1.29, 1.82) is 0 Å². The standard InChI is InChI=1S/C18H16N2O/c1-20-13-7-12-17(20)18(21)19-16-11-6-5-10-15(16)14-8-3-2-4-9-14/h2-13H,1H3,(H,19,21). The van der Waals surface area contributed by atoms with Gasteiger partial charge in [0, 0.05) is 24.5 Å². The van der Waals surface area contributed by atoms with Crippen molar-refractivity contribution in [2.24, 2.45) is 7.05 Å². The molecule has 0 aliphatic rings. The van der Waals surface area contributed by atoms with E-state index in [2.05, 4.69) is 5.32 Å². The fraction of sp³-hybridized carbons (Fsp3) is 0.0556. The second-order valence-electron chi connectivity index (χ2n) is 4.87. The van der Waals surface area contributed by atoms with E-state index in [-0.39, 0.29) is 5.91 Å². The molecule has 1 aromatic heterocycles. The highest BCUT2D eigenvalue weighted by molar-refractivity contribution is 6.05. The average molecular weight is 276 g/mol. The van der Waals surface area contributed by atoms with Crippen molar-refractivity contribution in [2.45, 2.75) is 0 Å². The van der Waals surface area contributed by atoms with Crippen LogP contribution in [0, 0.1) is 0 Å². The van der Waals surface area contributed by atoms with Crippen molar-refractivity contribution in [2.75, 3.05) is 5.32 Å². The van der Waals surface area contributed by atoms with Crippen LogP contribution in [0.4, 0.5) is 5.69 Å². The molecule has 2 aromatic carbocycles. The fourth-order valence-corrected chi connectivity index (χ4v) is 2.34. The number of hydrogen-bond acceptors (Lipinski definition) is 1. The Labute approximate surface area is 123 Å². The summed E-state index contributed by atoms with van der Waals surface area (Å²) in [6, 6.07) is 21.5. The quantitative estimate of drug-likeness (QED) is 0.772. The minimum absolute atomic E-state index is 0.106. The summed E-state index contributed by atoms with van der Waals surface area (Å²) in [4.78, 5) is 12.3. The summed E-state index contributed by atoms with van der Waals surface area (Å²) in [6.45, 7) is 0. The van der Waals surface area contributed by atoms with Gasteiger partial charge in [-0.05, 0) is 23.8 Å². The molecule has 0 saturated heterocycles. The minimum Gasteiger partial charge on any atom is -0.347 e. The van der Waals surface area contributed by atoms with E-state index < -0.39 is 0 Å². The second-order valence-corrected chi connectivity index (χ2v) is 4.87. The van der Waals surface area contributed by atoms with Crippen LogP contribution in [-0.2, 0) is 7.05 Å². The maximum atomic E-state index is 12.3. The van der Waals surface area contributed by atoms with Crippen LogP contribution >= 0.6 is 0 Å². The molecule has 21 heavy (non-hydrogen) atoms. The summed E-state index contributed by atoms with van der Waals surface area (Å²) >= 11 is 0. The predicted octanol–water partition coefficient (Wildman–Crippen LogP) is 3.94. The lowest BCUT2D eigenvalue weighted by Crippen LogP contribution is -2.15. The van der Waals surface area contributed by atoms with E-state index in [9.17, 15) is 4.79 Å². The van der Waals surface area contributed by atoms with Crippen LogP contribution in [0.15, 0.2) is 72.9 Å². The van der Waals surface area contributed by atoms with Gasteiger partial charge in [-0.2, -0.15) is 0 Å². The number of nitrogens with one attached hydrogen (secondary N) is 1. The summed E-state index contributed by atoms with van der Waals surface area (Å²) in [5, 5.41) is 2.99. The van der Waals surface area contributed by atoms with E-state index in [1.54, 1.807) is 10.6 Å². The molecule has 0 fully saturated rings. The molecular formula is C18H16N2O. The largest absolute Gasteiger partial charge is 0.347 e. The molecule has 0 aliphatic carbocycles. The topological polar surface area (TPSA) is 34.0 Å². The van der Waals surface area contributed by atoms with E-state index in [0.29, 0.717) is 5.69 Å². The van der Waals surface area contributed by atoms with Crippen molar-refractivity contribution >= 4 is 11.6 Å². The highest BCUT2D eigenvalue weighted by atomic mass is 16.1. The van der Waals surface area contributed by atoms with Crippen LogP contribution in [0.2, 0.25) is 0 Å². The molecule has 104 valence electrons. The number of hydrogen-bond donors (Lipinski definition) is 1. The Morgan fingerprint density at radius 1 is 0.905 bits per heavy atom. The van der Waals surface area contributed by atoms with Crippen molar-refractivity contribution in [3.05, 3.63) is 78.6 Å². The first-order valence-corrected chi connectivity index (χ1v) is 6.83. The van der Waals surface area contributed by atoms with E-state index >= 15 is 0 Å². The van der Waals surface area contributed by atoms with Crippen LogP contribution in [0.25, 0.3) is 11.1 Å². The van der Waals surface area contributed by atoms with Crippen molar-refractivity contribution < 1.29 is 4.79 Å². The molecular weight excluding hydrogens is 260 g/mol. The lowest BCUT2D eigenvalue weighted by Gasteiger charge is -2.11. The molecule has 3 heteroatoms. The highest BCUT2D eigenvalue weighted by Gasteiger charge is 2.11. The average Bonchev–Trinajstić information content (AvgIpc) is 2.95. The van der Waals surface area contributed by atoms with Crippen molar-refractivity contribution in [3.8, 4) is 11.1 Å². The number of para-hydroxylation sites is 1. The summed E-state index contributed by atoms with van der Waals surface area (Å²) in [5.74, 6) is -0.106. The molecule has 1 N–H and O–H groups in total. The minimum atomic E-state index is -0.106. The number of anilines is 1. The zero-order chi connectivity index (χ0) is 14.7. The first-order valence-electron chi connectivity index (χ1n) is 6.83. The molecule has 0 spiro atoms. The number of rotatable bonds is 3. The first kappa shape index (κ1) is 13.2. The molecule has 1 heterocycles. The van der Waals surface area contributed by atoms with Gasteiger partial charge in [-0.3, -0.25) is 4.79 Å². The number of carbonyl (C=O) groups excluding carboxylic acids is 1. The highest BCUT2D eigenvalue weighted by Crippen LogP contribution is 2.27. The van der Waals surface area contributed by atoms with E-state index in [4.69, 9.17) is 0 Å². The summed E-state index contributed by atoms with van der Waals surface area (Å²) in [6.07, 6.45) is 1.86. The number of nitrogens with zero attached hydrogens (tertiary/aromatic N) is 1. The first-order chi connectivity index (χ1) is 10.3. The van der Waals surface area contributed by atoms with Crippen molar-refractivity contribution in [3.63, 3.8) is 0 Å². The van der Waals surface area contributed by atoms with Gasteiger partial charge in [-0.1, -0.05) is 48.5 Å². The number of benzene rings is 2. The van der Waals surface area contributed by atoms with Gasteiger partial charge in [0.15, 0.2) is 0 Å². The van der Waals surface area contributed by atoms with Crippen molar-refractivity contribution in [1.82, 2.24) is 4.57 Å². The summed E-state index contributed by atoms with van der Waals surface area (Å²) < 4.78 is 1.81. The Morgan fingerprint density at radius 3 is 2.33 bits per heavy atom. The normalized spacial score (nSPS) is 10.3. The molecule has 3 aromatic rings. The molecule has 1 amide bonds. The van der Waals surface area contributed by atoms with Gasteiger partial charge < -0.3 is 9.88 Å². The smallest absolute Gasteiger partial charge is 0.272 e. The fourth-order valence-electron chi connectivity index (χ4n) is 2.34. The second kappa shape index (κ2) is 5.67. The number of aromatic nitrogens is 1. The van der Waals surface area contributed by atoms with Crippen LogP contribution in [-0.4, -0.2) is 10.5 Å². The van der Waals surface area contributed by atoms with Gasteiger partial charge in [-0.25, -0.2) is 0 Å². The summed E-state index contributed by atoms with van der Waals surface area (Å²) in [7, 11) is 1.86. The Morgan fingerprint density at radius 2 is 1.62 bits per heavy atom. The molecule has 3 rings (SSSR count). The zero-order valence-corrected chi connectivity index (χ0v) is 11.8. The maximum absolute atomic E-state index is 12.3. The Hall–Kier alpha value is -2.81. The number of amides is 1. The molecule has 0 bridgehead atoms. The molecule has 0 unspecified atom stereocenters. The van der Waals surface area contributed by atoms with Gasteiger partial charge in [0.2, 0.25) is 0 Å². The molecule has 0 aliphatic heterocycles. The third-order valence-electron chi connectivity index (χ3n) is 3.44. The van der Waals surface area contributed by atoms with Gasteiger partial charge in [0.25, 0.3) is 5.91 Å².